The van der Waals surface area contributed by atoms with Gasteiger partial charge in [-0.3, -0.25) is 4.79 Å². The zero-order chi connectivity index (χ0) is 17.8. The van der Waals surface area contributed by atoms with Crippen molar-refractivity contribution in [3.63, 3.8) is 0 Å². The molecule has 1 aromatic carbocycles. The number of amides is 2. The van der Waals surface area contributed by atoms with Gasteiger partial charge in [-0.2, -0.15) is 0 Å². The van der Waals surface area contributed by atoms with Gasteiger partial charge < -0.3 is 20.5 Å². The molecule has 0 aliphatic heterocycles. The lowest BCUT2D eigenvalue weighted by atomic mass is 10.1. The van der Waals surface area contributed by atoms with Crippen LogP contribution in [-0.4, -0.2) is 30.6 Å². The molecule has 130 valence electrons. The summed E-state index contributed by atoms with van der Waals surface area (Å²) >= 11 is 0. The topological polar surface area (TPSA) is 108 Å². The quantitative estimate of drug-likeness (QED) is 0.527. The molecule has 1 rings (SSSR count). The van der Waals surface area contributed by atoms with Gasteiger partial charge in [0.1, 0.15) is 12.6 Å². The van der Waals surface area contributed by atoms with Crippen LogP contribution in [0.1, 0.15) is 25.3 Å². The van der Waals surface area contributed by atoms with Crippen LogP contribution in [0.5, 0.6) is 0 Å². The molecule has 0 bridgehead atoms. The summed E-state index contributed by atoms with van der Waals surface area (Å²) < 4.78 is 9.76. The van der Waals surface area contributed by atoms with Gasteiger partial charge in [0.15, 0.2) is 0 Å². The van der Waals surface area contributed by atoms with Crippen molar-refractivity contribution in [2.24, 2.45) is 5.73 Å². The van der Waals surface area contributed by atoms with Crippen LogP contribution < -0.4 is 11.1 Å². The maximum atomic E-state index is 11.7. The zero-order valence-electron chi connectivity index (χ0n) is 13.6. The smallest absolute Gasteiger partial charge is 0.408 e. The highest BCUT2D eigenvalue weighted by Gasteiger charge is 2.18. The molecule has 0 fully saturated rings. The molecule has 0 aliphatic rings. The summed E-state index contributed by atoms with van der Waals surface area (Å²) in [5.74, 6) is -1.13. The highest BCUT2D eigenvalue weighted by atomic mass is 16.5. The molecule has 2 amide bonds. The van der Waals surface area contributed by atoms with Crippen molar-refractivity contribution in [1.82, 2.24) is 5.32 Å². The van der Waals surface area contributed by atoms with E-state index in [0.29, 0.717) is 13.0 Å². The summed E-state index contributed by atoms with van der Waals surface area (Å²) in [6.45, 7) is 2.10. The van der Waals surface area contributed by atoms with Crippen LogP contribution in [0, 0.1) is 0 Å². The Morgan fingerprint density at radius 3 is 2.54 bits per heavy atom. The van der Waals surface area contributed by atoms with Crippen molar-refractivity contribution in [2.45, 2.75) is 32.4 Å². The lowest BCUT2D eigenvalue weighted by Crippen LogP contribution is -2.44. The Morgan fingerprint density at radius 2 is 1.92 bits per heavy atom. The van der Waals surface area contributed by atoms with Gasteiger partial charge in [0, 0.05) is 6.08 Å². The van der Waals surface area contributed by atoms with E-state index < -0.39 is 24.0 Å². The van der Waals surface area contributed by atoms with E-state index in [2.05, 4.69) is 5.32 Å². The highest BCUT2D eigenvalue weighted by molar-refractivity contribution is 5.84. The second kappa shape index (κ2) is 10.8. The van der Waals surface area contributed by atoms with Crippen molar-refractivity contribution in [3.8, 4) is 0 Å². The Balaban J connectivity index is 2.38. The van der Waals surface area contributed by atoms with Gasteiger partial charge in [-0.15, -0.1) is 0 Å². The van der Waals surface area contributed by atoms with Gasteiger partial charge in [-0.1, -0.05) is 36.4 Å². The Morgan fingerprint density at radius 1 is 1.21 bits per heavy atom. The largest absolute Gasteiger partial charge is 0.463 e. The lowest BCUT2D eigenvalue weighted by Gasteiger charge is -2.14. The number of hydrogen-bond donors (Lipinski definition) is 2. The molecule has 3 N–H and O–H groups in total. The van der Waals surface area contributed by atoms with Gasteiger partial charge in [-0.25, -0.2) is 9.59 Å². The zero-order valence-corrected chi connectivity index (χ0v) is 13.6. The van der Waals surface area contributed by atoms with Gasteiger partial charge in [0.2, 0.25) is 5.91 Å². The molecule has 7 heteroatoms. The SMILES string of the molecule is CCOC(=O)/C=C/CC[C@H](NC(=O)OCc1ccccc1)C(N)=O. The minimum atomic E-state index is -0.875. The van der Waals surface area contributed by atoms with Crippen LogP contribution in [0.25, 0.3) is 0 Å². The first-order valence-electron chi connectivity index (χ1n) is 7.62. The number of carbonyl (C=O) groups excluding carboxylic acids is 3. The molecule has 0 heterocycles. The number of carbonyl (C=O) groups is 3. The molecule has 0 aliphatic carbocycles. The first-order chi connectivity index (χ1) is 11.5. The fourth-order valence-corrected chi connectivity index (χ4v) is 1.83. The van der Waals surface area contributed by atoms with Gasteiger partial charge >= 0.3 is 12.1 Å². The Kier molecular flexibility index (Phi) is 8.67. The van der Waals surface area contributed by atoms with Crippen molar-refractivity contribution in [2.75, 3.05) is 6.61 Å². The Hall–Kier alpha value is -2.83. The van der Waals surface area contributed by atoms with Crippen molar-refractivity contribution < 1.29 is 23.9 Å². The third kappa shape index (κ3) is 7.98. The van der Waals surface area contributed by atoms with E-state index in [9.17, 15) is 14.4 Å². The fraction of sp³-hybridized carbons (Fsp3) is 0.353. The van der Waals surface area contributed by atoms with Gasteiger partial charge in [0.05, 0.1) is 6.61 Å². The van der Waals surface area contributed by atoms with Crippen LogP contribution in [0.4, 0.5) is 4.79 Å². The minimum Gasteiger partial charge on any atom is -0.463 e. The van der Waals surface area contributed by atoms with Crippen LogP contribution in [0.15, 0.2) is 42.5 Å². The van der Waals surface area contributed by atoms with Crippen LogP contribution in [0.2, 0.25) is 0 Å². The molecule has 0 unspecified atom stereocenters. The molecule has 24 heavy (non-hydrogen) atoms. The predicted molar refractivity (Wildman–Crippen MR) is 87.8 cm³/mol. The number of nitrogens with two attached hydrogens (primary N) is 1. The van der Waals surface area contributed by atoms with Crippen LogP contribution in [-0.2, 0) is 25.7 Å². The third-order valence-electron chi connectivity index (χ3n) is 3.01. The summed E-state index contributed by atoms with van der Waals surface area (Å²) in [6, 6.07) is 8.28. The van der Waals surface area contributed by atoms with Gasteiger partial charge in [0.25, 0.3) is 0 Å². The molecular weight excluding hydrogens is 312 g/mol. The number of primary amides is 1. The number of benzene rings is 1. The standard InChI is InChI=1S/C17H22N2O5/c1-2-23-15(20)11-7-6-10-14(16(18)21)19-17(22)24-12-13-8-4-3-5-9-13/h3-5,7-9,11,14H,2,6,10,12H2,1H3,(H2,18,21)(H,19,22)/b11-7+/t14-/m0/s1. The molecule has 0 aromatic heterocycles. The van der Waals surface area contributed by atoms with E-state index in [1.165, 1.54) is 6.08 Å². The highest BCUT2D eigenvalue weighted by Crippen LogP contribution is 2.03. The molecule has 1 atom stereocenters. The molecule has 7 nitrogen and oxygen atoms in total. The number of esters is 1. The summed E-state index contributed by atoms with van der Waals surface area (Å²) in [7, 11) is 0. The predicted octanol–water partition coefficient (Wildman–Crippen LogP) is 1.67. The first kappa shape index (κ1) is 19.2. The molecule has 0 saturated heterocycles. The second-order valence-electron chi connectivity index (χ2n) is 4.89. The summed E-state index contributed by atoms with van der Waals surface area (Å²) in [6.07, 6.45) is 2.74. The van der Waals surface area contributed by atoms with E-state index in [-0.39, 0.29) is 13.0 Å². The first-order valence-corrected chi connectivity index (χ1v) is 7.62. The van der Waals surface area contributed by atoms with E-state index in [1.807, 2.05) is 30.3 Å². The van der Waals surface area contributed by atoms with E-state index in [4.69, 9.17) is 15.2 Å². The van der Waals surface area contributed by atoms with E-state index >= 15 is 0 Å². The number of ether oxygens (including phenoxy) is 2. The van der Waals surface area contributed by atoms with Crippen molar-refractivity contribution in [3.05, 3.63) is 48.0 Å². The number of allylic oxidation sites excluding steroid dienone is 1. The maximum Gasteiger partial charge on any atom is 0.408 e. The van der Waals surface area contributed by atoms with Crippen LogP contribution >= 0.6 is 0 Å². The van der Waals surface area contributed by atoms with E-state index in [1.54, 1.807) is 13.0 Å². The van der Waals surface area contributed by atoms with E-state index in [0.717, 1.165) is 5.56 Å². The average Bonchev–Trinajstić information content (AvgIpc) is 2.56. The third-order valence-corrected chi connectivity index (χ3v) is 3.01. The summed E-state index contributed by atoms with van der Waals surface area (Å²) in [5.41, 5.74) is 6.09. The Bertz CT molecular complexity index is 572. The molecule has 0 radical (unpaired) electrons. The lowest BCUT2D eigenvalue weighted by molar-refractivity contribution is -0.137. The number of nitrogens with one attached hydrogen (secondary N) is 1. The summed E-state index contributed by atoms with van der Waals surface area (Å²) in [5, 5.41) is 2.41. The number of hydrogen-bond acceptors (Lipinski definition) is 5. The second-order valence-corrected chi connectivity index (χ2v) is 4.89. The molecule has 1 aromatic rings. The molecule has 0 spiro atoms. The molecular formula is C17H22N2O5. The maximum absolute atomic E-state index is 11.7. The monoisotopic (exact) mass is 334 g/mol. The normalized spacial score (nSPS) is 11.7. The van der Waals surface area contributed by atoms with Gasteiger partial charge in [-0.05, 0) is 25.3 Å². The summed E-state index contributed by atoms with van der Waals surface area (Å²) in [4.78, 5) is 34.2. The number of alkyl carbamates (subject to hydrolysis) is 1. The average molecular weight is 334 g/mol. The van der Waals surface area contributed by atoms with Crippen LogP contribution in [0.3, 0.4) is 0 Å². The van der Waals surface area contributed by atoms with Crippen molar-refractivity contribution >= 4 is 18.0 Å². The fourth-order valence-electron chi connectivity index (χ4n) is 1.83. The minimum absolute atomic E-state index is 0.0981. The Labute approximate surface area is 140 Å². The van der Waals surface area contributed by atoms with Crippen molar-refractivity contribution in [1.29, 1.82) is 0 Å². The molecule has 0 saturated carbocycles. The number of rotatable bonds is 9.